The van der Waals surface area contributed by atoms with Crippen LogP contribution in [0.1, 0.15) is 22.3 Å². The SMILES string of the molecule is NCc1cc(F)ccc1CN1CCc2ccccc2CC1. The van der Waals surface area contributed by atoms with E-state index in [-0.39, 0.29) is 5.82 Å². The molecule has 0 aromatic heterocycles. The van der Waals surface area contributed by atoms with Crippen LogP contribution in [0.5, 0.6) is 0 Å². The van der Waals surface area contributed by atoms with Gasteiger partial charge in [-0.25, -0.2) is 4.39 Å². The molecular weight excluding hydrogens is 263 g/mol. The van der Waals surface area contributed by atoms with E-state index in [1.807, 2.05) is 6.07 Å². The Kier molecular flexibility index (Phi) is 4.32. The van der Waals surface area contributed by atoms with Crippen molar-refractivity contribution in [1.29, 1.82) is 0 Å². The molecule has 0 radical (unpaired) electrons. The van der Waals surface area contributed by atoms with E-state index in [4.69, 9.17) is 5.73 Å². The zero-order chi connectivity index (χ0) is 14.7. The Morgan fingerprint density at radius 2 is 1.62 bits per heavy atom. The fourth-order valence-electron chi connectivity index (χ4n) is 3.05. The topological polar surface area (TPSA) is 29.3 Å². The lowest BCUT2D eigenvalue weighted by molar-refractivity contribution is 0.278. The molecule has 0 fully saturated rings. The second-order valence-corrected chi connectivity index (χ2v) is 5.66. The minimum absolute atomic E-state index is 0.206. The molecule has 3 heteroatoms. The molecule has 0 spiro atoms. The van der Waals surface area contributed by atoms with E-state index in [1.165, 1.54) is 17.2 Å². The van der Waals surface area contributed by atoms with Crippen LogP contribution in [-0.4, -0.2) is 18.0 Å². The molecule has 0 saturated carbocycles. The zero-order valence-corrected chi connectivity index (χ0v) is 12.2. The molecule has 21 heavy (non-hydrogen) atoms. The Bertz CT molecular complexity index is 597. The Balaban J connectivity index is 1.72. The van der Waals surface area contributed by atoms with Crippen LogP contribution in [0.15, 0.2) is 42.5 Å². The molecule has 0 atom stereocenters. The van der Waals surface area contributed by atoms with Gasteiger partial charge < -0.3 is 5.73 Å². The van der Waals surface area contributed by atoms with Crippen molar-refractivity contribution in [2.24, 2.45) is 5.73 Å². The van der Waals surface area contributed by atoms with Crippen LogP contribution in [0.4, 0.5) is 4.39 Å². The van der Waals surface area contributed by atoms with Crippen molar-refractivity contribution < 1.29 is 4.39 Å². The number of nitrogens with zero attached hydrogens (tertiary/aromatic N) is 1. The third-order valence-electron chi connectivity index (χ3n) is 4.30. The molecule has 0 saturated heterocycles. The number of hydrogen-bond acceptors (Lipinski definition) is 2. The summed E-state index contributed by atoms with van der Waals surface area (Å²) in [5.41, 5.74) is 10.7. The van der Waals surface area contributed by atoms with Crippen LogP contribution in [0.3, 0.4) is 0 Å². The molecule has 0 amide bonds. The van der Waals surface area contributed by atoms with Gasteiger partial charge in [-0.15, -0.1) is 0 Å². The Morgan fingerprint density at radius 1 is 0.952 bits per heavy atom. The maximum atomic E-state index is 13.3. The molecule has 110 valence electrons. The second-order valence-electron chi connectivity index (χ2n) is 5.66. The number of rotatable bonds is 3. The lowest BCUT2D eigenvalue weighted by atomic mass is 10.0. The van der Waals surface area contributed by atoms with Gasteiger partial charge in [-0.3, -0.25) is 4.90 Å². The summed E-state index contributed by atoms with van der Waals surface area (Å²) in [5.74, 6) is -0.206. The predicted octanol–water partition coefficient (Wildman–Crippen LogP) is 2.89. The first-order valence-electron chi connectivity index (χ1n) is 7.53. The van der Waals surface area contributed by atoms with E-state index in [9.17, 15) is 4.39 Å². The standard InChI is InChI=1S/C18H21FN2/c19-18-6-5-16(17(11-18)12-20)13-21-9-7-14-3-1-2-4-15(14)8-10-21/h1-6,11H,7-10,12-13,20H2. The number of hydrogen-bond donors (Lipinski definition) is 1. The molecule has 0 aliphatic carbocycles. The van der Waals surface area contributed by atoms with Crippen LogP contribution in [-0.2, 0) is 25.9 Å². The highest BCUT2D eigenvalue weighted by Gasteiger charge is 2.15. The first-order chi connectivity index (χ1) is 10.3. The number of benzene rings is 2. The molecule has 3 rings (SSSR count). The van der Waals surface area contributed by atoms with Gasteiger partial charge in [-0.1, -0.05) is 30.3 Å². The van der Waals surface area contributed by atoms with Crippen molar-refractivity contribution in [3.63, 3.8) is 0 Å². The lowest BCUT2D eigenvalue weighted by Gasteiger charge is -2.21. The molecule has 1 aliphatic rings. The van der Waals surface area contributed by atoms with Crippen molar-refractivity contribution in [2.45, 2.75) is 25.9 Å². The van der Waals surface area contributed by atoms with Gasteiger partial charge in [0.25, 0.3) is 0 Å². The van der Waals surface area contributed by atoms with Crippen LogP contribution < -0.4 is 5.73 Å². The average Bonchev–Trinajstić information content (AvgIpc) is 2.72. The van der Waals surface area contributed by atoms with Gasteiger partial charge in [-0.05, 0) is 47.2 Å². The first kappa shape index (κ1) is 14.2. The monoisotopic (exact) mass is 284 g/mol. The molecule has 1 heterocycles. The summed E-state index contributed by atoms with van der Waals surface area (Å²) in [6.45, 7) is 3.32. The molecular formula is C18H21FN2. The summed E-state index contributed by atoms with van der Waals surface area (Å²) < 4.78 is 13.3. The highest BCUT2D eigenvalue weighted by Crippen LogP contribution is 2.19. The molecule has 0 unspecified atom stereocenters. The van der Waals surface area contributed by atoms with Gasteiger partial charge in [0.15, 0.2) is 0 Å². The third-order valence-corrected chi connectivity index (χ3v) is 4.30. The van der Waals surface area contributed by atoms with Crippen LogP contribution in [0.25, 0.3) is 0 Å². The largest absolute Gasteiger partial charge is 0.326 e. The fraction of sp³-hybridized carbons (Fsp3) is 0.333. The van der Waals surface area contributed by atoms with Crippen molar-refractivity contribution in [1.82, 2.24) is 4.90 Å². The number of fused-ring (bicyclic) bond motifs is 1. The Morgan fingerprint density at radius 3 is 2.24 bits per heavy atom. The van der Waals surface area contributed by atoms with Crippen molar-refractivity contribution >= 4 is 0 Å². The van der Waals surface area contributed by atoms with Crippen molar-refractivity contribution in [2.75, 3.05) is 13.1 Å². The maximum Gasteiger partial charge on any atom is 0.123 e. The Labute approximate surface area is 125 Å². The fourth-order valence-corrected chi connectivity index (χ4v) is 3.05. The van der Waals surface area contributed by atoms with Gasteiger partial charge in [0.05, 0.1) is 0 Å². The van der Waals surface area contributed by atoms with Gasteiger partial charge in [0.1, 0.15) is 5.82 Å². The molecule has 0 bridgehead atoms. The summed E-state index contributed by atoms with van der Waals surface area (Å²) in [6, 6.07) is 13.6. The van der Waals surface area contributed by atoms with E-state index in [0.29, 0.717) is 6.54 Å². The van der Waals surface area contributed by atoms with Gasteiger partial charge >= 0.3 is 0 Å². The number of halogens is 1. The van der Waals surface area contributed by atoms with Crippen LogP contribution >= 0.6 is 0 Å². The van der Waals surface area contributed by atoms with Crippen LogP contribution in [0, 0.1) is 5.82 Å². The van der Waals surface area contributed by atoms with E-state index < -0.39 is 0 Å². The van der Waals surface area contributed by atoms with Crippen molar-refractivity contribution in [3.8, 4) is 0 Å². The summed E-state index contributed by atoms with van der Waals surface area (Å²) >= 11 is 0. The molecule has 2 nitrogen and oxygen atoms in total. The third kappa shape index (κ3) is 3.31. The zero-order valence-electron chi connectivity index (χ0n) is 12.2. The lowest BCUT2D eigenvalue weighted by Crippen LogP contribution is -2.26. The average molecular weight is 284 g/mol. The molecule has 2 N–H and O–H groups in total. The van der Waals surface area contributed by atoms with E-state index >= 15 is 0 Å². The summed E-state index contributed by atoms with van der Waals surface area (Å²) in [4.78, 5) is 2.44. The van der Waals surface area contributed by atoms with E-state index in [2.05, 4.69) is 29.2 Å². The minimum atomic E-state index is -0.206. The van der Waals surface area contributed by atoms with Gasteiger partial charge in [-0.2, -0.15) is 0 Å². The van der Waals surface area contributed by atoms with Crippen LogP contribution in [0.2, 0.25) is 0 Å². The Hall–Kier alpha value is -1.71. The number of nitrogens with two attached hydrogens (primary N) is 1. The molecule has 2 aromatic carbocycles. The highest BCUT2D eigenvalue weighted by atomic mass is 19.1. The summed E-state index contributed by atoms with van der Waals surface area (Å²) in [5, 5.41) is 0. The minimum Gasteiger partial charge on any atom is -0.326 e. The van der Waals surface area contributed by atoms with E-state index in [1.54, 1.807) is 6.07 Å². The summed E-state index contributed by atoms with van der Waals surface area (Å²) in [7, 11) is 0. The summed E-state index contributed by atoms with van der Waals surface area (Å²) in [6.07, 6.45) is 2.16. The van der Waals surface area contributed by atoms with E-state index in [0.717, 1.165) is 43.6 Å². The molecule has 2 aromatic rings. The predicted molar refractivity (Wildman–Crippen MR) is 83.4 cm³/mol. The normalized spacial score (nSPS) is 15.5. The molecule has 1 aliphatic heterocycles. The van der Waals surface area contributed by atoms with Crippen molar-refractivity contribution in [3.05, 3.63) is 70.5 Å². The highest BCUT2D eigenvalue weighted by molar-refractivity contribution is 5.30. The first-order valence-corrected chi connectivity index (χ1v) is 7.53. The van der Waals surface area contributed by atoms with Gasteiger partial charge in [0.2, 0.25) is 0 Å². The smallest absolute Gasteiger partial charge is 0.123 e. The second kappa shape index (κ2) is 6.37. The maximum absolute atomic E-state index is 13.3. The van der Waals surface area contributed by atoms with Gasteiger partial charge in [0, 0.05) is 26.2 Å². The quantitative estimate of drug-likeness (QED) is 0.939.